The van der Waals surface area contributed by atoms with Crippen LogP contribution in [0, 0.1) is 0 Å². The lowest BCUT2D eigenvalue weighted by Crippen LogP contribution is -1.95. The molecule has 2 aromatic rings. The highest BCUT2D eigenvalue weighted by atomic mass is 79.9. The van der Waals surface area contributed by atoms with E-state index in [2.05, 4.69) is 25.9 Å². The highest BCUT2D eigenvalue weighted by Crippen LogP contribution is 2.30. The molecule has 1 N–H and O–H groups in total. The summed E-state index contributed by atoms with van der Waals surface area (Å²) >= 11 is 3.39. The summed E-state index contributed by atoms with van der Waals surface area (Å²) in [4.78, 5) is 17.7. The molecule has 0 amide bonds. The third-order valence-electron chi connectivity index (χ3n) is 2.22. The summed E-state index contributed by atoms with van der Waals surface area (Å²) in [5.74, 6) is 1.36. The summed E-state index contributed by atoms with van der Waals surface area (Å²) in [5, 5.41) is 0. The van der Waals surface area contributed by atoms with Crippen molar-refractivity contribution in [2.75, 3.05) is 6.61 Å². The van der Waals surface area contributed by atoms with Crippen molar-refractivity contribution in [3.8, 4) is 17.1 Å². The molecular formula is C12H11BrN2O2. The summed E-state index contributed by atoms with van der Waals surface area (Å²) in [7, 11) is 0. The molecule has 1 aromatic heterocycles. The zero-order valence-corrected chi connectivity index (χ0v) is 10.8. The molecule has 1 heterocycles. The number of carbonyl (C=O) groups excluding carboxylic acids is 1. The maximum absolute atomic E-state index is 10.6. The van der Waals surface area contributed by atoms with Crippen molar-refractivity contribution < 1.29 is 9.53 Å². The topological polar surface area (TPSA) is 55.0 Å². The Morgan fingerprint density at radius 3 is 3.00 bits per heavy atom. The molecule has 0 aliphatic carbocycles. The third kappa shape index (κ3) is 2.55. The van der Waals surface area contributed by atoms with Gasteiger partial charge in [-0.15, -0.1) is 0 Å². The summed E-state index contributed by atoms with van der Waals surface area (Å²) < 4.78 is 6.47. The number of nitrogens with zero attached hydrogens (tertiary/aromatic N) is 1. The van der Waals surface area contributed by atoms with Crippen molar-refractivity contribution in [2.45, 2.75) is 6.92 Å². The normalized spacial score (nSPS) is 10.2. The number of aldehydes is 1. The van der Waals surface area contributed by atoms with Crippen LogP contribution < -0.4 is 4.74 Å². The van der Waals surface area contributed by atoms with E-state index in [1.54, 1.807) is 0 Å². The third-order valence-corrected chi connectivity index (χ3v) is 2.71. The number of imidazole rings is 1. The SMILES string of the molecule is CCOc1cc(Br)ccc1-c1ncc(C=O)[nH]1. The van der Waals surface area contributed by atoms with Crippen LogP contribution in [0.4, 0.5) is 0 Å². The highest BCUT2D eigenvalue weighted by Gasteiger charge is 2.10. The number of halogens is 1. The fourth-order valence-corrected chi connectivity index (χ4v) is 1.84. The standard InChI is InChI=1S/C12H11BrN2O2/c1-2-17-11-5-8(13)3-4-10(11)12-14-6-9(7-16)15-12/h3-7H,2H2,1H3,(H,14,15). The van der Waals surface area contributed by atoms with Crippen LogP contribution in [-0.4, -0.2) is 22.9 Å². The summed E-state index contributed by atoms with van der Waals surface area (Å²) in [6, 6.07) is 5.67. The van der Waals surface area contributed by atoms with E-state index in [-0.39, 0.29) is 0 Å². The molecule has 1 aromatic carbocycles. The van der Waals surface area contributed by atoms with Crippen LogP contribution in [0.15, 0.2) is 28.9 Å². The molecule has 17 heavy (non-hydrogen) atoms. The minimum Gasteiger partial charge on any atom is -0.493 e. The Labute approximate surface area is 107 Å². The van der Waals surface area contributed by atoms with Gasteiger partial charge in [0.15, 0.2) is 6.29 Å². The molecule has 2 rings (SSSR count). The fraction of sp³-hybridized carbons (Fsp3) is 0.167. The predicted octanol–water partition coefficient (Wildman–Crippen LogP) is 3.05. The first kappa shape index (κ1) is 11.9. The second-order valence-corrected chi connectivity index (χ2v) is 4.29. The Morgan fingerprint density at radius 1 is 1.53 bits per heavy atom. The van der Waals surface area contributed by atoms with Crippen molar-refractivity contribution in [2.24, 2.45) is 0 Å². The summed E-state index contributed by atoms with van der Waals surface area (Å²) in [6.45, 7) is 2.49. The number of hydrogen-bond donors (Lipinski definition) is 1. The Morgan fingerprint density at radius 2 is 2.35 bits per heavy atom. The number of aromatic amines is 1. The number of hydrogen-bond acceptors (Lipinski definition) is 3. The average molecular weight is 295 g/mol. The molecule has 4 nitrogen and oxygen atoms in total. The number of aromatic nitrogens is 2. The van der Waals surface area contributed by atoms with Gasteiger partial charge in [0.2, 0.25) is 0 Å². The van der Waals surface area contributed by atoms with E-state index in [1.165, 1.54) is 6.20 Å². The molecule has 0 bridgehead atoms. The number of carbonyl (C=O) groups is 1. The summed E-state index contributed by atoms with van der Waals surface area (Å²) in [5.41, 5.74) is 1.29. The van der Waals surface area contributed by atoms with Crippen LogP contribution >= 0.6 is 15.9 Å². The van der Waals surface area contributed by atoms with Crippen molar-refractivity contribution in [1.82, 2.24) is 9.97 Å². The zero-order chi connectivity index (χ0) is 12.3. The number of ether oxygens (including phenoxy) is 1. The number of H-pyrrole nitrogens is 1. The van der Waals surface area contributed by atoms with Crippen LogP contribution in [0.1, 0.15) is 17.4 Å². The van der Waals surface area contributed by atoms with Crippen molar-refractivity contribution in [1.29, 1.82) is 0 Å². The Balaban J connectivity index is 2.46. The van der Waals surface area contributed by atoms with E-state index >= 15 is 0 Å². The quantitative estimate of drug-likeness (QED) is 0.882. The molecule has 0 atom stereocenters. The van der Waals surface area contributed by atoms with Gasteiger partial charge in [0, 0.05) is 4.47 Å². The lowest BCUT2D eigenvalue weighted by atomic mass is 10.2. The number of rotatable bonds is 4. The van der Waals surface area contributed by atoms with E-state index in [1.807, 2.05) is 25.1 Å². The molecule has 0 fully saturated rings. The van der Waals surface area contributed by atoms with E-state index in [0.29, 0.717) is 18.1 Å². The van der Waals surface area contributed by atoms with Crippen molar-refractivity contribution in [3.05, 3.63) is 34.6 Å². The van der Waals surface area contributed by atoms with E-state index < -0.39 is 0 Å². The fourth-order valence-electron chi connectivity index (χ4n) is 1.50. The van der Waals surface area contributed by atoms with Gasteiger partial charge in [-0.3, -0.25) is 4.79 Å². The van der Waals surface area contributed by atoms with Crippen LogP contribution in [0.25, 0.3) is 11.4 Å². The monoisotopic (exact) mass is 294 g/mol. The highest BCUT2D eigenvalue weighted by molar-refractivity contribution is 9.10. The van der Waals surface area contributed by atoms with E-state index in [0.717, 1.165) is 22.1 Å². The van der Waals surface area contributed by atoms with Crippen LogP contribution in [-0.2, 0) is 0 Å². The molecule has 0 saturated heterocycles. The smallest absolute Gasteiger partial charge is 0.167 e. The minimum atomic E-state index is 0.449. The van der Waals surface area contributed by atoms with Crippen LogP contribution in [0.2, 0.25) is 0 Å². The van der Waals surface area contributed by atoms with E-state index in [9.17, 15) is 4.79 Å². The second kappa shape index (κ2) is 5.14. The predicted molar refractivity (Wildman–Crippen MR) is 68.3 cm³/mol. The molecule has 0 radical (unpaired) electrons. The van der Waals surface area contributed by atoms with Crippen LogP contribution in [0.3, 0.4) is 0 Å². The van der Waals surface area contributed by atoms with Gasteiger partial charge in [-0.05, 0) is 25.1 Å². The lowest BCUT2D eigenvalue weighted by molar-refractivity contribution is 0.111. The second-order valence-electron chi connectivity index (χ2n) is 3.38. The average Bonchev–Trinajstić information content (AvgIpc) is 2.78. The van der Waals surface area contributed by atoms with Gasteiger partial charge >= 0.3 is 0 Å². The van der Waals surface area contributed by atoms with Crippen molar-refractivity contribution >= 4 is 22.2 Å². The van der Waals surface area contributed by atoms with Gasteiger partial charge in [0.25, 0.3) is 0 Å². The number of nitrogens with one attached hydrogen (secondary N) is 1. The van der Waals surface area contributed by atoms with Gasteiger partial charge in [0.05, 0.1) is 24.1 Å². The zero-order valence-electron chi connectivity index (χ0n) is 9.24. The molecule has 0 saturated carbocycles. The largest absolute Gasteiger partial charge is 0.493 e. The molecule has 88 valence electrons. The molecule has 0 aliphatic heterocycles. The maximum Gasteiger partial charge on any atom is 0.167 e. The molecular weight excluding hydrogens is 284 g/mol. The lowest BCUT2D eigenvalue weighted by Gasteiger charge is -2.08. The molecule has 0 aliphatic rings. The maximum atomic E-state index is 10.6. The van der Waals surface area contributed by atoms with Crippen molar-refractivity contribution in [3.63, 3.8) is 0 Å². The first-order chi connectivity index (χ1) is 8.24. The van der Waals surface area contributed by atoms with Crippen LogP contribution in [0.5, 0.6) is 5.75 Å². The first-order valence-electron chi connectivity index (χ1n) is 5.17. The van der Waals surface area contributed by atoms with Gasteiger partial charge in [0.1, 0.15) is 11.6 Å². The Bertz CT molecular complexity index is 537. The number of benzene rings is 1. The Hall–Kier alpha value is -1.62. The Kier molecular flexibility index (Phi) is 3.58. The van der Waals surface area contributed by atoms with Gasteiger partial charge in [-0.2, -0.15) is 0 Å². The first-order valence-corrected chi connectivity index (χ1v) is 5.96. The molecule has 0 spiro atoms. The molecule has 5 heteroatoms. The minimum absolute atomic E-state index is 0.449. The molecule has 0 unspecified atom stereocenters. The van der Waals surface area contributed by atoms with Gasteiger partial charge in [-0.1, -0.05) is 15.9 Å². The van der Waals surface area contributed by atoms with Gasteiger partial charge in [-0.25, -0.2) is 4.98 Å². The van der Waals surface area contributed by atoms with Gasteiger partial charge < -0.3 is 9.72 Å². The summed E-state index contributed by atoms with van der Waals surface area (Å²) in [6.07, 6.45) is 2.23. The van der Waals surface area contributed by atoms with E-state index in [4.69, 9.17) is 4.74 Å².